The summed E-state index contributed by atoms with van der Waals surface area (Å²) in [4.78, 5) is 33.2. The van der Waals surface area contributed by atoms with Crippen molar-refractivity contribution in [2.24, 2.45) is 7.05 Å². The minimum absolute atomic E-state index is 0.0265. The molecule has 30 heavy (non-hydrogen) atoms. The van der Waals surface area contributed by atoms with Gasteiger partial charge in [0, 0.05) is 37.1 Å². The number of thioether (sulfide) groups is 2. The number of amides is 1. The minimum atomic E-state index is -1.13. The van der Waals surface area contributed by atoms with Gasteiger partial charge in [0.15, 0.2) is 0 Å². The number of carboxylic acid groups (broad SMARTS) is 1. The number of hydrogen-bond donors (Lipinski definition) is 3. The number of β-lactam (4-membered cyclic amide) rings is 1. The second kappa shape index (κ2) is 8.36. The summed E-state index contributed by atoms with van der Waals surface area (Å²) in [6.07, 6.45) is 2.53. The van der Waals surface area contributed by atoms with Crippen molar-refractivity contribution in [3.8, 4) is 6.07 Å². The van der Waals surface area contributed by atoms with Crippen LogP contribution in [-0.2, 0) is 23.1 Å². The third kappa shape index (κ3) is 3.73. The zero-order chi connectivity index (χ0) is 21.3. The Bertz CT molecular complexity index is 1060. The number of aliphatic carboxylic acids is 1. The van der Waals surface area contributed by atoms with E-state index in [0.29, 0.717) is 41.0 Å². The summed E-state index contributed by atoms with van der Waals surface area (Å²) in [5.41, 5.74) is 1.47. The summed E-state index contributed by atoms with van der Waals surface area (Å²) in [5.74, 6) is -0.160. The lowest BCUT2D eigenvalue weighted by Crippen LogP contribution is -2.67. The van der Waals surface area contributed by atoms with E-state index >= 15 is 0 Å². The van der Waals surface area contributed by atoms with Crippen molar-refractivity contribution in [1.82, 2.24) is 35.1 Å². The van der Waals surface area contributed by atoms with Crippen LogP contribution in [0, 0.1) is 11.3 Å². The van der Waals surface area contributed by atoms with Gasteiger partial charge >= 0.3 is 5.97 Å². The van der Waals surface area contributed by atoms with Gasteiger partial charge in [-0.15, -0.1) is 16.9 Å². The van der Waals surface area contributed by atoms with Crippen LogP contribution in [0.15, 0.2) is 22.6 Å². The summed E-state index contributed by atoms with van der Waals surface area (Å²) in [6, 6.07) is 1.49. The fourth-order valence-electron chi connectivity index (χ4n) is 3.19. The number of rotatable bonds is 8. The Kier molecular flexibility index (Phi) is 5.64. The molecule has 0 aromatic carbocycles. The molecule has 0 radical (unpaired) electrons. The molecule has 3 N–H and O–H groups in total. The molecule has 14 heteroatoms. The average Bonchev–Trinajstić information content (AvgIpc) is 3.36. The number of nitrogens with one attached hydrogen (secondary N) is 2. The maximum atomic E-state index is 12.8. The van der Waals surface area contributed by atoms with Crippen LogP contribution in [0.1, 0.15) is 12.1 Å². The Labute approximate surface area is 179 Å². The number of hydrogen-bond acceptors (Lipinski definition) is 10. The summed E-state index contributed by atoms with van der Waals surface area (Å²) < 4.78 is 1.51. The molecule has 2 aliphatic heterocycles. The number of aryl methyl sites for hydroxylation is 2. The third-order valence-corrected chi connectivity index (χ3v) is 7.07. The van der Waals surface area contributed by atoms with Crippen molar-refractivity contribution < 1.29 is 14.7 Å². The fourth-order valence-corrected chi connectivity index (χ4v) is 5.52. The maximum Gasteiger partial charge on any atom is 0.352 e. The fraction of sp³-hybridized carbons (Fsp3) is 0.438. The summed E-state index contributed by atoms with van der Waals surface area (Å²) in [5, 5.41) is 32.9. The highest BCUT2D eigenvalue weighted by molar-refractivity contribution is 8.01. The molecule has 2 aromatic rings. The summed E-state index contributed by atoms with van der Waals surface area (Å²) in [6.45, 7) is 0. The number of carbonyl (C=O) groups excluding carboxylic acids is 1. The second-order valence-electron chi connectivity index (χ2n) is 6.58. The van der Waals surface area contributed by atoms with Crippen molar-refractivity contribution in [3.63, 3.8) is 0 Å². The molecule has 1 fully saturated rings. The van der Waals surface area contributed by atoms with Crippen molar-refractivity contribution in [2.75, 3.05) is 16.8 Å². The van der Waals surface area contributed by atoms with E-state index in [0.717, 1.165) is 5.69 Å². The molecular formula is C16H17N9O3S2. The highest BCUT2D eigenvalue weighted by Gasteiger charge is 2.53. The first-order valence-electron chi connectivity index (χ1n) is 8.92. The van der Waals surface area contributed by atoms with Crippen LogP contribution in [0.25, 0.3) is 0 Å². The molecule has 0 aliphatic carbocycles. The van der Waals surface area contributed by atoms with Gasteiger partial charge in [0.05, 0.1) is 12.3 Å². The van der Waals surface area contributed by atoms with Crippen LogP contribution in [0.2, 0.25) is 0 Å². The van der Waals surface area contributed by atoms with Gasteiger partial charge in [-0.2, -0.15) is 5.26 Å². The zero-order valence-electron chi connectivity index (χ0n) is 15.8. The number of carbonyl (C=O) groups is 2. The van der Waals surface area contributed by atoms with E-state index in [4.69, 9.17) is 5.26 Å². The number of carboxylic acids is 1. The monoisotopic (exact) mass is 447 g/mol. The highest BCUT2D eigenvalue weighted by Crippen LogP contribution is 2.42. The van der Waals surface area contributed by atoms with Crippen LogP contribution in [-0.4, -0.2) is 75.0 Å². The van der Waals surface area contributed by atoms with E-state index in [9.17, 15) is 14.7 Å². The largest absolute Gasteiger partial charge is 0.477 e. The normalized spacial score (nSPS) is 20.5. The standard InChI is InChI=1S/C16H17N9O3S2/c1-24-16(21-22-23-24)30-7-8-6-29-13-10(12(26)25(13)11(8)14(27)28)20-15-18-5-9(19-15)3-2-4-17/h5,10,13H,2-3,6-7H2,1H3,(H,27,28)(H2,18,19,20)/t10?,13-/m1/s1. The molecule has 1 unspecified atom stereocenters. The predicted molar refractivity (Wildman–Crippen MR) is 107 cm³/mol. The first kappa shape index (κ1) is 20.2. The Hall–Kier alpha value is -3.05. The highest BCUT2D eigenvalue weighted by atomic mass is 32.2. The van der Waals surface area contributed by atoms with Crippen LogP contribution < -0.4 is 5.32 Å². The number of imidazole rings is 1. The number of nitrogens with zero attached hydrogens (tertiary/aromatic N) is 7. The first-order chi connectivity index (χ1) is 14.5. The van der Waals surface area contributed by atoms with Crippen molar-refractivity contribution >= 4 is 41.3 Å². The lowest BCUT2D eigenvalue weighted by atomic mass is 10.0. The molecule has 1 saturated heterocycles. The quantitative estimate of drug-likeness (QED) is 0.374. The molecule has 2 aromatic heterocycles. The number of tetrazole rings is 1. The molecule has 0 saturated carbocycles. The SMILES string of the molecule is Cn1nnnc1SCC1=C(C(=O)O)N2C(=O)C(Nc3ncc(CCC#N)[nH]3)[C@H]2SC1. The van der Waals surface area contributed by atoms with Gasteiger partial charge in [-0.3, -0.25) is 9.69 Å². The zero-order valence-corrected chi connectivity index (χ0v) is 17.4. The van der Waals surface area contributed by atoms with E-state index in [1.165, 1.54) is 33.1 Å². The predicted octanol–water partition coefficient (Wildman–Crippen LogP) is 0.216. The van der Waals surface area contributed by atoms with Crippen molar-refractivity contribution in [3.05, 3.63) is 23.2 Å². The lowest BCUT2D eigenvalue weighted by molar-refractivity contribution is -0.147. The van der Waals surface area contributed by atoms with Crippen LogP contribution in [0.4, 0.5) is 5.95 Å². The van der Waals surface area contributed by atoms with Gasteiger partial charge in [0.1, 0.15) is 17.1 Å². The number of aromatic nitrogens is 6. The van der Waals surface area contributed by atoms with Gasteiger partial charge < -0.3 is 15.4 Å². The molecule has 0 spiro atoms. The molecule has 2 atom stereocenters. The van der Waals surface area contributed by atoms with Crippen LogP contribution in [0.5, 0.6) is 0 Å². The molecule has 4 heterocycles. The smallest absolute Gasteiger partial charge is 0.352 e. The number of anilines is 1. The minimum Gasteiger partial charge on any atom is -0.477 e. The maximum absolute atomic E-state index is 12.8. The van der Waals surface area contributed by atoms with E-state index < -0.39 is 12.0 Å². The Morgan fingerprint density at radius 1 is 1.57 bits per heavy atom. The third-order valence-electron chi connectivity index (χ3n) is 4.63. The first-order valence-corrected chi connectivity index (χ1v) is 11.0. The number of fused-ring (bicyclic) bond motifs is 1. The number of nitriles is 1. The Balaban J connectivity index is 1.46. The molecule has 1 amide bonds. The van der Waals surface area contributed by atoms with Gasteiger partial charge in [0.2, 0.25) is 11.1 Å². The molecule has 12 nitrogen and oxygen atoms in total. The molecule has 156 valence electrons. The van der Waals surface area contributed by atoms with Crippen molar-refractivity contribution in [2.45, 2.75) is 29.4 Å². The van der Waals surface area contributed by atoms with Crippen LogP contribution >= 0.6 is 23.5 Å². The topological polar surface area (TPSA) is 166 Å². The Morgan fingerprint density at radius 2 is 2.40 bits per heavy atom. The molecule has 2 aliphatic rings. The molecule has 0 bridgehead atoms. The summed E-state index contributed by atoms with van der Waals surface area (Å²) >= 11 is 2.82. The number of H-pyrrole nitrogens is 1. The van der Waals surface area contributed by atoms with Gasteiger partial charge in [-0.25, -0.2) is 14.5 Å². The van der Waals surface area contributed by atoms with E-state index in [1.807, 2.05) is 0 Å². The van der Waals surface area contributed by atoms with E-state index in [1.54, 1.807) is 13.2 Å². The van der Waals surface area contributed by atoms with Crippen molar-refractivity contribution in [1.29, 1.82) is 5.26 Å². The van der Waals surface area contributed by atoms with Gasteiger partial charge in [-0.1, -0.05) is 11.8 Å². The van der Waals surface area contributed by atoms with E-state index in [-0.39, 0.29) is 17.0 Å². The van der Waals surface area contributed by atoms with Gasteiger partial charge in [-0.05, 0) is 16.0 Å². The summed E-state index contributed by atoms with van der Waals surface area (Å²) in [7, 11) is 1.70. The molecule has 4 rings (SSSR count). The molecular weight excluding hydrogens is 430 g/mol. The van der Waals surface area contributed by atoms with Crippen LogP contribution in [0.3, 0.4) is 0 Å². The van der Waals surface area contributed by atoms with E-state index in [2.05, 4.69) is 36.9 Å². The average molecular weight is 448 g/mol. The second-order valence-corrected chi connectivity index (χ2v) is 8.63. The Morgan fingerprint density at radius 3 is 3.10 bits per heavy atom. The number of aromatic amines is 1. The van der Waals surface area contributed by atoms with Gasteiger partial charge in [0.25, 0.3) is 5.91 Å². The lowest BCUT2D eigenvalue weighted by Gasteiger charge is -2.49.